The third kappa shape index (κ3) is 4.59. The number of hydrogen-bond acceptors (Lipinski definition) is 6. The second-order valence-electron chi connectivity index (χ2n) is 5.63. The maximum absolute atomic E-state index is 12.0. The third-order valence-corrected chi connectivity index (χ3v) is 5.64. The lowest BCUT2D eigenvalue weighted by Gasteiger charge is -2.06. The summed E-state index contributed by atoms with van der Waals surface area (Å²) in [5.74, 6) is -0.381. The molecule has 0 saturated heterocycles. The molecule has 0 aliphatic rings. The summed E-state index contributed by atoms with van der Waals surface area (Å²) in [4.78, 5) is 33.5. The van der Waals surface area contributed by atoms with E-state index in [0.717, 1.165) is 20.8 Å². The Morgan fingerprint density at radius 2 is 2.00 bits per heavy atom. The van der Waals surface area contributed by atoms with E-state index >= 15 is 0 Å². The van der Waals surface area contributed by atoms with E-state index in [2.05, 4.69) is 21.4 Å². The summed E-state index contributed by atoms with van der Waals surface area (Å²) in [5, 5.41) is 13.7. The minimum atomic E-state index is -0.961. The van der Waals surface area contributed by atoms with Crippen LogP contribution in [-0.4, -0.2) is 32.7 Å². The average molecular weight is 387 g/mol. The van der Waals surface area contributed by atoms with Gasteiger partial charge in [0.1, 0.15) is 16.2 Å². The minimum Gasteiger partial charge on any atom is -0.478 e. The van der Waals surface area contributed by atoms with Gasteiger partial charge < -0.3 is 10.4 Å². The van der Waals surface area contributed by atoms with E-state index in [9.17, 15) is 9.59 Å². The Balaban J connectivity index is 1.47. The van der Waals surface area contributed by atoms with Crippen LogP contribution in [0.25, 0.3) is 10.2 Å². The number of rotatable bonds is 7. The molecule has 0 bridgehead atoms. The number of thiophene rings is 1. The number of nitrogens with zero attached hydrogens (tertiary/aromatic N) is 2. The second-order valence-corrected chi connectivity index (χ2v) is 7.95. The van der Waals surface area contributed by atoms with Gasteiger partial charge in [-0.05, 0) is 30.7 Å². The van der Waals surface area contributed by atoms with E-state index in [0.29, 0.717) is 18.7 Å². The highest BCUT2D eigenvalue weighted by molar-refractivity contribution is 7.99. The van der Waals surface area contributed by atoms with Gasteiger partial charge in [0.05, 0.1) is 5.56 Å². The Hall–Kier alpha value is -2.45. The molecule has 0 radical (unpaired) electrons. The average Bonchev–Trinajstić information content (AvgIpc) is 3.01. The number of hydrogen-bond donors (Lipinski definition) is 2. The maximum atomic E-state index is 12.0. The van der Waals surface area contributed by atoms with Gasteiger partial charge in [-0.25, -0.2) is 14.8 Å². The van der Waals surface area contributed by atoms with Crippen molar-refractivity contribution in [2.75, 3.05) is 5.75 Å². The van der Waals surface area contributed by atoms with Crippen molar-refractivity contribution in [3.05, 3.63) is 52.7 Å². The smallest absolute Gasteiger partial charge is 0.335 e. The number of aryl methyl sites for hydroxylation is 1. The molecule has 2 N–H and O–H groups in total. The van der Waals surface area contributed by atoms with E-state index in [1.165, 1.54) is 17.0 Å². The number of carboxylic acids is 1. The summed E-state index contributed by atoms with van der Waals surface area (Å²) >= 11 is 3.18. The lowest BCUT2D eigenvalue weighted by atomic mass is 10.1. The molecular weight excluding hydrogens is 370 g/mol. The van der Waals surface area contributed by atoms with Crippen LogP contribution in [0.4, 0.5) is 0 Å². The molecule has 8 heteroatoms. The zero-order valence-electron chi connectivity index (χ0n) is 14.1. The molecule has 0 fully saturated rings. The van der Waals surface area contributed by atoms with Crippen LogP contribution < -0.4 is 5.32 Å². The lowest BCUT2D eigenvalue weighted by molar-refractivity contribution is -0.120. The standard InChI is InChI=1S/C18H17N3O3S2/c1-11-8-14-16(20-10-21-17(14)26-11)25-7-6-15(22)19-9-12-2-4-13(5-3-12)18(23)24/h2-5,8,10H,6-7,9H2,1H3,(H,19,22)(H,23,24). The van der Waals surface area contributed by atoms with Crippen LogP contribution in [0.2, 0.25) is 0 Å². The van der Waals surface area contributed by atoms with Crippen LogP contribution in [-0.2, 0) is 11.3 Å². The van der Waals surface area contributed by atoms with E-state index in [-0.39, 0.29) is 11.5 Å². The normalized spacial score (nSPS) is 10.8. The molecule has 0 atom stereocenters. The summed E-state index contributed by atoms with van der Waals surface area (Å²) in [7, 11) is 0. The predicted octanol–water partition coefficient (Wildman–Crippen LogP) is 3.50. The quantitative estimate of drug-likeness (QED) is 0.476. The number of carbonyl (C=O) groups excluding carboxylic acids is 1. The summed E-state index contributed by atoms with van der Waals surface area (Å²) in [6.07, 6.45) is 1.94. The number of fused-ring (bicyclic) bond motifs is 1. The van der Waals surface area contributed by atoms with Crippen molar-refractivity contribution in [1.82, 2.24) is 15.3 Å². The molecule has 26 heavy (non-hydrogen) atoms. The Kier molecular flexibility index (Phi) is 5.85. The van der Waals surface area contributed by atoms with Gasteiger partial charge in [-0.3, -0.25) is 4.79 Å². The fourth-order valence-electron chi connectivity index (χ4n) is 2.36. The Morgan fingerprint density at radius 3 is 2.73 bits per heavy atom. The van der Waals surface area contributed by atoms with Crippen molar-refractivity contribution < 1.29 is 14.7 Å². The van der Waals surface area contributed by atoms with Crippen molar-refractivity contribution >= 4 is 45.2 Å². The van der Waals surface area contributed by atoms with Crippen molar-refractivity contribution in [3.8, 4) is 0 Å². The van der Waals surface area contributed by atoms with Gasteiger partial charge in [0.25, 0.3) is 0 Å². The van der Waals surface area contributed by atoms with Crippen molar-refractivity contribution in [1.29, 1.82) is 0 Å². The number of aromatic carboxylic acids is 1. The zero-order chi connectivity index (χ0) is 18.5. The molecule has 1 amide bonds. The van der Waals surface area contributed by atoms with Crippen LogP contribution in [0.3, 0.4) is 0 Å². The first-order valence-electron chi connectivity index (χ1n) is 7.96. The topological polar surface area (TPSA) is 92.2 Å². The molecule has 0 unspecified atom stereocenters. The lowest BCUT2D eigenvalue weighted by Crippen LogP contribution is -2.23. The molecular formula is C18H17N3O3S2. The largest absolute Gasteiger partial charge is 0.478 e. The van der Waals surface area contributed by atoms with Crippen molar-refractivity contribution in [2.45, 2.75) is 24.9 Å². The van der Waals surface area contributed by atoms with Crippen LogP contribution in [0.1, 0.15) is 27.2 Å². The van der Waals surface area contributed by atoms with Crippen LogP contribution in [0, 0.1) is 6.92 Å². The van der Waals surface area contributed by atoms with Gasteiger partial charge in [-0.15, -0.1) is 23.1 Å². The Morgan fingerprint density at radius 1 is 1.23 bits per heavy atom. The second kappa shape index (κ2) is 8.29. The first-order valence-corrected chi connectivity index (χ1v) is 9.76. The van der Waals surface area contributed by atoms with E-state index in [1.807, 2.05) is 6.92 Å². The zero-order valence-corrected chi connectivity index (χ0v) is 15.7. The highest BCUT2D eigenvalue weighted by Crippen LogP contribution is 2.30. The van der Waals surface area contributed by atoms with Gasteiger partial charge in [0.2, 0.25) is 5.91 Å². The van der Waals surface area contributed by atoms with Crippen molar-refractivity contribution in [3.63, 3.8) is 0 Å². The highest BCUT2D eigenvalue weighted by atomic mass is 32.2. The van der Waals surface area contributed by atoms with Gasteiger partial charge in [0, 0.05) is 29.0 Å². The first kappa shape index (κ1) is 18.3. The summed E-state index contributed by atoms with van der Waals surface area (Å²) < 4.78 is 0. The molecule has 6 nitrogen and oxygen atoms in total. The molecule has 0 spiro atoms. The SMILES string of the molecule is Cc1cc2c(SCCC(=O)NCc3ccc(C(=O)O)cc3)ncnc2s1. The van der Waals surface area contributed by atoms with E-state index in [1.54, 1.807) is 41.6 Å². The number of benzene rings is 1. The van der Waals surface area contributed by atoms with E-state index < -0.39 is 5.97 Å². The molecule has 2 heterocycles. The maximum Gasteiger partial charge on any atom is 0.335 e. The molecule has 3 rings (SSSR count). The van der Waals surface area contributed by atoms with Gasteiger partial charge in [-0.2, -0.15) is 0 Å². The van der Waals surface area contributed by atoms with Gasteiger partial charge in [0.15, 0.2) is 0 Å². The van der Waals surface area contributed by atoms with Gasteiger partial charge >= 0.3 is 5.97 Å². The fourth-order valence-corrected chi connectivity index (χ4v) is 4.19. The Bertz CT molecular complexity index is 939. The first-order chi connectivity index (χ1) is 12.5. The number of nitrogens with one attached hydrogen (secondary N) is 1. The molecule has 134 valence electrons. The van der Waals surface area contributed by atoms with Gasteiger partial charge in [-0.1, -0.05) is 12.1 Å². The minimum absolute atomic E-state index is 0.0494. The number of carbonyl (C=O) groups is 2. The van der Waals surface area contributed by atoms with Crippen LogP contribution >= 0.6 is 23.1 Å². The summed E-state index contributed by atoms with van der Waals surface area (Å²) in [6.45, 7) is 2.42. The predicted molar refractivity (Wildman–Crippen MR) is 103 cm³/mol. The van der Waals surface area contributed by atoms with Crippen molar-refractivity contribution in [2.24, 2.45) is 0 Å². The van der Waals surface area contributed by atoms with E-state index in [4.69, 9.17) is 5.11 Å². The highest BCUT2D eigenvalue weighted by Gasteiger charge is 2.09. The summed E-state index contributed by atoms with van der Waals surface area (Å²) in [5.41, 5.74) is 1.10. The molecule has 0 saturated carbocycles. The fraction of sp³-hybridized carbons (Fsp3) is 0.222. The molecule has 2 aromatic heterocycles. The number of amides is 1. The number of aromatic nitrogens is 2. The molecule has 3 aromatic rings. The third-order valence-electron chi connectivity index (χ3n) is 3.67. The van der Waals surface area contributed by atoms with Crippen LogP contribution in [0.5, 0.6) is 0 Å². The number of thioether (sulfide) groups is 1. The number of carboxylic acid groups (broad SMARTS) is 1. The molecule has 0 aliphatic carbocycles. The van der Waals surface area contributed by atoms with Crippen LogP contribution in [0.15, 0.2) is 41.7 Å². The monoisotopic (exact) mass is 387 g/mol. The Labute approximate surface area is 158 Å². The molecule has 0 aliphatic heterocycles. The summed E-state index contributed by atoms with van der Waals surface area (Å²) in [6, 6.07) is 8.54. The molecule has 1 aromatic carbocycles.